The topological polar surface area (TPSA) is 57.2 Å². The summed E-state index contributed by atoms with van der Waals surface area (Å²) in [6.45, 7) is 10.6. The van der Waals surface area contributed by atoms with Crippen molar-refractivity contribution >= 4 is 14.3 Å². The Hall–Kier alpha value is -0.473. The second-order valence-electron chi connectivity index (χ2n) is 10.2. The maximum absolute atomic E-state index is 12.6. The molecule has 0 saturated carbocycles. The molecular weight excluding hydrogens is 374 g/mol. The number of nitrogens with zero attached hydrogens (tertiary/aromatic N) is 1. The SMILES string of the molecule is COCCCCC12C3CC4C([C@@H](C)C(=O)OC)C(O[Si](C)(C)C)(O3)C1CCN42. The van der Waals surface area contributed by atoms with Gasteiger partial charge in [0.05, 0.1) is 24.7 Å². The number of hydrogen-bond acceptors (Lipinski definition) is 6. The van der Waals surface area contributed by atoms with Crippen molar-refractivity contribution in [3.05, 3.63) is 0 Å². The fourth-order valence-electron chi connectivity index (χ4n) is 7.07. The van der Waals surface area contributed by atoms with E-state index in [1.807, 2.05) is 6.92 Å². The number of unbranched alkanes of at least 4 members (excludes halogenated alkanes) is 1. The molecule has 0 spiro atoms. The maximum Gasteiger partial charge on any atom is 0.308 e. The fourth-order valence-corrected chi connectivity index (χ4v) is 8.36. The third kappa shape index (κ3) is 2.76. The van der Waals surface area contributed by atoms with Crippen LogP contribution in [0.4, 0.5) is 0 Å². The predicted molar refractivity (Wildman–Crippen MR) is 108 cm³/mol. The van der Waals surface area contributed by atoms with E-state index in [9.17, 15) is 4.79 Å². The molecule has 6 bridgehead atoms. The van der Waals surface area contributed by atoms with Gasteiger partial charge in [0, 0.05) is 31.6 Å². The van der Waals surface area contributed by atoms with Crippen molar-refractivity contribution in [2.45, 2.75) is 82.1 Å². The van der Waals surface area contributed by atoms with Gasteiger partial charge in [-0.25, -0.2) is 0 Å². The summed E-state index contributed by atoms with van der Waals surface area (Å²) in [5.41, 5.74) is 0.0877. The molecule has 5 aliphatic heterocycles. The van der Waals surface area contributed by atoms with Crippen molar-refractivity contribution in [2.24, 2.45) is 17.8 Å². The van der Waals surface area contributed by atoms with Gasteiger partial charge in [0.15, 0.2) is 14.1 Å². The highest BCUT2D eigenvalue weighted by Crippen LogP contribution is 2.70. The van der Waals surface area contributed by atoms with E-state index in [0.717, 1.165) is 45.3 Å². The van der Waals surface area contributed by atoms with Crippen LogP contribution in [0.15, 0.2) is 0 Å². The van der Waals surface area contributed by atoms with Gasteiger partial charge in [-0.1, -0.05) is 6.92 Å². The van der Waals surface area contributed by atoms with Crippen molar-refractivity contribution in [3.63, 3.8) is 0 Å². The predicted octanol–water partition coefficient (Wildman–Crippen LogP) is 3.02. The molecule has 28 heavy (non-hydrogen) atoms. The highest BCUT2D eigenvalue weighted by atomic mass is 28.4. The summed E-state index contributed by atoms with van der Waals surface area (Å²) in [6, 6.07) is 0.352. The maximum atomic E-state index is 12.6. The molecule has 6 nitrogen and oxygen atoms in total. The van der Waals surface area contributed by atoms with Gasteiger partial charge in [-0.3, -0.25) is 9.69 Å². The van der Waals surface area contributed by atoms with Crippen molar-refractivity contribution < 1.29 is 23.4 Å². The van der Waals surface area contributed by atoms with Gasteiger partial charge in [-0.15, -0.1) is 0 Å². The van der Waals surface area contributed by atoms with E-state index in [4.69, 9.17) is 18.6 Å². The summed E-state index contributed by atoms with van der Waals surface area (Å²) in [5, 5.41) is 0. The molecule has 0 N–H and O–H groups in total. The first-order valence-corrected chi connectivity index (χ1v) is 14.3. The number of carbonyl (C=O) groups is 1. The van der Waals surface area contributed by atoms with Crippen LogP contribution in [-0.2, 0) is 23.4 Å². The molecule has 0 aromatic rings. The van der Waals surface area contributed by atoms with Gasteiger partial charge in [-0.05, 0) is 58.3 Å². The van der Waals surface area contributed by atoms with Crippen LogP contribution in [0.1, 0.15) is 39.0 Å². The van der Waals surface area contributed by atoms with Gasteiger partial charge in [0.1, 0.15) is 0 Å². The molecule has 5 rings (SSSR count). The highest BCUT2D eigenvalue weighted by molar-refractivity contribution is 6.69. The zero-order valence-corrected chi connectivity index (χ0v) is 19.3. The van der Waals surface area contributed by atoms with E-state index in [-0.39, 0.29) is 29.4 Å². The molecule has 8 atom stereocenters. The Kier molecular flexibility index (Phi) is 5.23. The number of piperidine rings is 1. The zero-order chi connectivity index (χ0) is 20.3. The highest BCUT2D eigenvalue weighted by Gasteiger charge is 2.81. The quantitative estimate of drug-likeness (QED) is 0.330. The van der Waals surface area contributed by atoms with Crippen LogP contribution >= 0.6 is 0 Å². The third-order valence-corrected chi connectivity index (χ3v) is 8.59. The molecule has 5 saturated heterocycles. The number of ether oxygens (including phenoxy) is 3. The molecule has 5 heterocycles. The molecular formula is C21H37NO5Si. The first-order chi connectivity index (χ1) is 13.2. The van der Waals surface area contributed by atoms with Gasteiger partial charge in [-0.2, -0.15) is 0 Å². The standard InChI is InChI=1S/C21H37NO5Si/c1-14(19(23)25-3)18-15-13-17-20(10-7-8-12-24-2)16(9-11-22(15)20)21(18,26-17)27-28(4,5)6/h14-18H,7-13H2,1-6H3/t14-,15?,16?,17?,18?,20?,21?/m1/s1. The van der Waals surface area contributed by atoms with Gasteiger partial charge in [0.2, 0.25) is 0 Å². The molecule has 0 aromatic carbocycles. The minimum atomic E-state index is -1.88. The van der Waals surface area contributed by atoms with E-state index in [0.29, 0.717) is 12.0 Å². The van der Waals surface area contributed by atoms with Crippen molar-refractivity contribution in [1.82, 2.24) is 4.90 Å². The summed E-state index contributed by atoms with van der Waals surface area (Å²) in [7, 11) is 1.37. The van der Waals surface area contributed by atoms with E-state index in [1.54, 1.807) is 7.11 Å². The van der Waals surface area contributed by atoms with Gasteiger partial charge < -0.3 is 18.6 Å². The van der Waals surface area contributed by atoms with Gasteiger partial charge in [0.25, 0.3) is 0 Å². The van der Waals surface area contributed by atoms with Crippen LogP contribution in [0, 0.1) is 17.8 Å². The minimum absolute atomic E-state index is 0.0463. The summed E-state index contributed by atoms with van der Waals surface area (Å²) in [6.07, 6.45) is 5.71. The van der Waals surface area contributed by atoms with Crippen molar-refractivity contribution in [2.75, 3.05) is 27.4 Å². The van der Waals surface area contributed by atoms with Crippen LogP contribution in [0.2, 0.25) is 19.6 Å². The minimum Gasteiger partial charge on any atom is -0.469 e. The summed E-state index contributed by atoms with van der Waals surface area (Å²) in [5.74, 6) is -0.601. The lowest BCUT2D eigenvalue weighted by atomic mass is 9.68. The Balaban J connectivity index is 1.70. The summed E-state index contributed by atoms with van der Waals surface area (Å²) < 4.78 is 24.2. The summed E-state index contributed by atoms with van der Waals surface area (Å²) in [4.78, 5) is 15.3. The smallest absolute Gasteiger partial charge is 0.308 e. The van der Waals surface area contributed by atoms with Gasteiger partial charge >= 0.3 is 5.97 Å². The number of carbonyl (C=O) groups excluding carboxylic acids is 1. The van der Waals surface area contributed by atoms with Crippen molar-refractivity contribution in [3.8, 4) is 0 Å². The second-order valence-corrected chi connectivity index (χ2v) is 14.6. The molecule has 7 unspecified atom stereocenters. The zero-order valence-electron chi connectivity index (χ0n) is 18.3. The average molecular weight is 412 g/mol. The van der Waals surface area contributed by atoms with E-state index >= 15 is 0 Å². The lowest BCUT2D eigenvalue weighted by Gasteiger charge is -2.55. The normalized spacial score (nSPS) is 44.3. The Labute approximate surface area is 170 Å². The van der Waals surface area contributed by atoms with Crippen LogP contribution < -0.4 is 0 Å². The molecule has 0 radical (unpaired) electrons. The first-order valence-electron chi connectivity index (χ1n) is 10.9. The van der Waals surface area contributed by atoms with Crippen LogP contribution in [-0.4, -0.2) is 70.0 Å². The molecule has 0 aromatic heterocycles. The molecule has 0 amide bonds. The summed E-state index contributed by atoms with van der Waals surface area (Å²) >= 11 is 0. The Morgan fingerprint density at radius 2 is 2.04 bits per heavy atom. The van der Waals surface area contributed by atoms with E-state index in [2.05, 4.69) is 24.5 Å². The van der Waals surface area contributed by atoms with Crippen LogP contribution in [0.5, 0.6) is 0 Å². The number of hydrogen-bond donors (Lipinski definition) is 0. The van der Waals surface area contributed by atoms with Crippen molar-refractivity contribution in [1.29, 1.82) is 0 Å². The number of methoxy groups -OCH3 is 2. The van der Waals surface area contributed by atoms with E-state index < -0.39 is 14.1 Å². The lowest BCUT2D eigenvalue weighted by Crippen LogP contribution is -2.66. The second kappa shape index (κ2) is 7.05. The lowest BCUT2D eigenvalue weighted by molar-refractivity contribution is -0.271. The third-order valence-electron chi connectivity index (χ3n) is 7.65. The Morgan fingerprint density at radius 3 is 2.68 bits per heavy atom. The largest absolute Gasteiger partial charge is 0.469 e. The van der Waals surface area contributed by atoms with E-state index in [1.165, 1.54) is 7.11 Å². The number of esters is 1. The molecule has 160 valence electrons. The first kappa shape index (κ1) is 20.8. The Morgan fingerprint density at radius 1 is 1.29 bits per heavy atom. The average Bonchev–Trinajstić information content (AvgIpc) is 3.16. The molecule has 5 aliphatic rings. The monoisotopic (exact) mass is 411 g/mol. The molecule has 5 fully saturated rings. The molecule has 7 heteroatoms. The fraction of sp³-hybridized carbons (Fsp3) is 0.952. The Bertz CT molecular complexity index is 624. The number of rotatable bonds is 9. The van der Waals surface area contributed by atoms with Crippen LogP contribution in [0.25, 0.3) is 0 Å². The molecule has 0 aliphatic carbocycles. The van der Waals surface area contributed by atoms with Crippen LogP contribution in [0.3, 0.4) is 0 Å².